The van der Waals surface area contributed by atoms with Crippen LogP contribution in [0.3, 0.4) is 0 Å². The van der Waals surface area contributed by atoms with E-state index in [-0.39, 0.29) is 18.6 Å². The largest absolute Gasteiger partial charge is 0.368 e. The van der Waals surface area contributed by atoms with Gasteiger partial charge in [-0.3, -0.25) is 9.69 Å². The first kappa shape index (κ1) is 19.9. The molecule has 0 bridgehead atoms. The van der Waals surface area contributed by atoms with E-state index in [0.29, 0.717) is 0 Å². The van der Waals surface area contributed by atoms with Crippen LogP contribution < -0.4 is 11.1 Å². The van der Waals surface area contributed by atoms with E-state index in [1.807, 2.05) is 6.07 Å². The molecule has 28 heavy (non-hydrogen) atoms. The average molecular weight is 380 g/mol. The molecule has 0 unspecified atom stereocenters. The molecule has 0 saturated carbocycles. The maximum absolute atomic E-state index is 12.1. The lowest BCUT2D eigenvalue weighted by molar-refractivity contribution is -0.118. The third-order valence-electron chi connectivity index (χ3n) is 5.12. The topological polar surface area (TPSA) is 78.7 Å². The van der Waals surface area contributed by atoms with Crippen molar-refractivity contribution >= 4 is 11.9 Å². The van der Waals surface area contributed by atoms with E-state index in [0.717, 1.165) is 32.5 Å². The van der Waals surface area contributed by atoms with E-state index < -0.39 is 5.91 Å². The van der Waals surface area contributed by atoms with E-state index in [9.17, 15) is 9.59 Å². The summed E-state index contributed by atoms with van der Waals surface area (Å²) in [5.41, 5.74) is 8.88. The zero-order chi connectivity index (χ0) is 19.9. The Balaban J connectivity index is 1.45. The number of rotatable bonds is 6. The summed E-state index contributed by atoms with van der Waals surface area (Å²) in [7, 11) is 1.58. The van der Waals surface area contributed by atoms with Crippen LogP contribution >= 0.6 is 0 Å². The van der Waals surface area contributed by atoms with Crippen molar-refractivity contribution < 1.29 is 9.59 Å². The number of likely N-dealkylation sites (N-methyl/N-ethyl adjacent to an activating group) is 1. The Bertz CT molecular complexity index is 784. The number of carbonyl (C=O) groups excluding carboxylic acids is 2. The molecule has 3 rings (SSSR count). The third-order valence-corrected chi connectivity index (χ3v) is 5.12. The average Bonchev–Trinajstić information content (AvgIpc) is 2.70. The molecule has 6 heteroatoms. The van der Waals surface area contributed by atoms with Crippen LogP contribution in [0, 0.1) is 0 Å². The van der Waals surface area contributed by atoms with Crippen molar-refractivity contribution in [2.24, 2.45) is 5.73 Å². The predicted octanol–water partition coefficient (Wildman–Crippen LogP) is 2.44. The summed E-state index contributed by atoms with van der Waals surface area (Å²) >= 11 is 0. The van der Waals surface area contributed by atoms with Gasteiger partial charge >= 0.3 is 6.03 Å². The fraction of sp³-hybridized carbons (Fsp3) is 0.364. The SMILES string of the molecule is CN(CC(N)=O)C(=O)NC1CCN(Cc2ccc(-c3ccccc3)cc2)CC1. The molecule has 1 aliphatic heterocycles. The lowest BCUT2D eigenvalue weighted by atomic mass is 10.0. The number of nitrogens with zero attached hydrogens (tertiary/aromatic N) is 2. The predicted molar refractivity (Wildman–Crippen MR) is 111 cm³/mol. The highest BCUT2D eigenvalue weighted by Crippen LogP contribution is 2.20. The van der Waals surface area contributed by atoms with Crippen molar-refractivity contribution in [2.75, 3.05) is 26.7 Å². The van der Waals surface area contributed by atoms with E-state index in [1.165, 1.54) is 21.6 Å². The summed E-state index contributed by atoms with van der Waals surface area (Å²) in [5.74, 6) is -0.509. The minimum Gasteiger partial charge on any atom is -0.368 e. The normalized spacial score (nSPS) is 15.2. The minimum atomic E-state index is -0.509. The van der Waals surface area contributed by atoms with Gasteiger partial charge in [-0.1, -0.05) is 54.6 Å². The van der Waals surface area contributed by atoms with E-state index in [4.69, 9.17) is 5.73 Å². The summed E-state index contributed by atoms with van der Waals surface area (Å²) in [6.45, 7) is 2.72. The van der Waals surface area contributed by atoms with Gasteiger partial charge in [-0.25, -0.2) is 4.79 Å². The second-order valence-electron chi connectivity index (χ2n) is 7.39. The molecule has 3 N–H and O–H groups in total. The lowest BCUT2D eigenvalue weighted by Gasteiger charge is -2.33. The number of primary amides is 1. The molecule has 0 aliphatic carbocycles. The summed E-state index contributed by atoms with van der Waals surface area (Å²) in [4.78, 5) is 26.7. The number of carbonyl (C=O) groups is 2. The molecule has 6 nitrogen and oxygen atoms in total. The third kappa shape index (κ3) is 5.57. The molecule has 0 atom stereocenters. The van der Waals surface area contributed by atoms with Crippen molar-refractivity contribution in [3.8, 4) is 11.1 Å². The van der Waals surface area contributed by atoms with Gasteiger partial charge in [-0.15, -0.1) is 0 Å². The van der Waals surface area contributed by atoms with Crippen molar-refractivity contribution in [3.63, 3.8) is 0 Å². The van der Waals surface area contributed by atoms with Gasteiger partial charge in [0.1, 0.15) is 6.54 Å². The Hall–Kier alpha value is -2.86. The molecule has 3 amide bonds. The second-order valence-corrected chi connectivity index (χ2v) is 7.39. The molecule has 1 heterocycles. The highest BCUT2D eigenvalue weighted by Gasteiger charge is 2.22. The number of benzene rings is 2. The number of likely N-dealkylation sites (tertiary alicyclic amines) is 1. The van der Waals surface area contributed by atoms with Crippen molar-refractivity contribution in [1.29, 1.82) is 0 Å². The van der Waals surface area contributed by atoms with Crippen LogP contribution in [0.1, 0.15) is 18.4 Å². The Labute approximate surface area is 166 Å². The van der Waals surface area contributed by atoms with Crippen LogP contribution in [0.15, 0.2) is 54.6 Å². The molecule has 1 fully saturated rings. The molecule has 148 valence electrons. The Morgan fingerprint density at radius 2 is 1.64 bits per heavy atom. The van der Waals surface area contributed by atoms with Crippen LogP contribution in [0.4, 0.5) is 4.79 Å². The maximum atomic E-state index is 12.1. The molecule has 2 aromatic carbocycles. The van der Waals surface area contributed by atoms with E-state index >= 15 is 0 Å². The molecule has 0 aromatic heterocycles. The molecule has 2 aromatic rings. The van der Waals surface area contributed by atoms with Gasteiger partial charge < -0.3 is 16.0 Å². The molecule has 0 spiro atoms. The Morgan fingerprint density at radius 1 is 1.04 bits per heavy atom. The van der Waals surface area contributed by atoms with Gasteiger partial charge in [0.15, 0.2) is 0 Å². The molecular formula is C22H28N4O2. The molecule has 0 radical (unpaired) electrons. The van der Waals surface area contributed by atoms with Crippen molar-refractivity contribution in [3.05, 3.63) is 60.2 Å². The summed E-state index contributed by atoms with van der Waals surface area (Å²) in [6, 6.07) is 19.0. The van der Waals surface area contributed by atoms with E-state index in [2.05, 4.69) is 58.7 Å². The van der Waals surface area contributed by atoms with E-state index in [1.54, 1.807) is 7.05 Å². The first-order valence-corrected chi connectivity index (χ1v) is 9.68. The van der Waals surface area contributed by atoms with Gasteiger partial charge in [0.25, 0.3) is 0 Å². The first-order chi connectivity index (χ1) is 13.5. The van der Waals surface area contributed by atoms with Crippen LogP contribution in [-0.4, -0.2) is 54.5 Å². The van der Waals surface area contributed by atoms with Crippen LogP contribution in [-0.2, 0) is 11.3 Å². The standard InChI is InChI=1S/C22H28N4O2/c1-25(16-21(23)27)22(28)24-20-11-13-26(14-12-20)15-17-7-9-19(10-8-17)18-5-3-2-4-6-18/h2-10,20H,11-16H2,1H3,(H2,23,27)(H,24,28). The summed E-state index contributed by atoms with van der Waals surface area (Å²) in [5, 5.41) is 2.99. The highest BCUT2D eigenvalue weighted by molar-refractivity contribution is 5.82. The highest BCUT2D eigenvalue weighted by atomic mass is 16.2. The van der Waals surface area contributed by atoms with Gasteiger partial charge in [0.2, 0.25) is 5.91 Å². The number of urea groups is 1. The first-order valence-electron chi connectivity index (χ1n) is 9.68. The van der Waals surface area contributed by atoms with Crippen LogP contribution in [0.25, 0.3) is 11.1 Å². The number of piperidine rings is 1. The van der Waals surface area contributed by atoms with Crippen molar-refractivity contribution in [1.82, 2.24) is 15.1 Å². The number of hydrogen-bond acceptors (Lipinski definition) is 3. The molecular weight excluding hydrogens is 352 g/mol. The lowest BCUT2D eigenvalue weighted by Crippen LogP contribution is -2.49. The van der Waals surface area contributed by atoms with Crippen molar-refractivity contribution in [2.45, 2.75) is 25.4 Å². The number of amides is 3. The van der Waals surface area contributed by atoms with Gasteiger partial charge in [0, 0.05) is 32.7 Å². The van der Waals surface area contributed by atoms with Crippen LogP contribution in [0.2, 0.25) is 0 Å². The molecule has 1 saturated heterocycles. The van der Waals surface area contributed by atoms with Gasteiger partial charge in [-0.05, 0) is 29.5 Å². The minimum absolute atomic E-state index is 0.0658. The second kappa shape index (κ2) is 9.37. The fourth-order valence-electron chi connectivity index (χ4n) is 3.52. The molecule has 1 aliphatic rings. The van der Waals surface area contributed by atoms with Gasteiger partial charge in [-0.2, -0.15) is 0 Å². The quantitative estimate of drug-likeness (QED) is 0.808. The monoisotopic (exact) mass is 380 g/mol. The zero-order valence-corrected chi connectivity index (χ0v) is 16.3. The smallest absolute Gasteiger partial charge is 0.317 e. The number of nitrogens with two attached hydrogens (primary N) is 1. The number of hydrogen-bond donors (Lipinski definition) is 2. The fourth-order valence-corrected chi connectivity index (χ4v) is 3.52. The number of nitrogens with one attached hydrogen (secondary N) is 1. The van der Waals surface area contributed by atoms with Gasteiger partial charge in [0.05, 0.1) is 0 Å². The van der Waals surface area contributed by atoms with Crippen LogP contribution in [0.5, 0.6) is 0 Å². The zero-order valence-electron chi connectivity index (χ0n) is 16.3. The Morgan fingerprint density at radius 3 is 2.25 bits per heavy atom. The summed E-state index contributed by atoms with van der Waals surface area (Å²) in [6.07, 6.45) is 1.80. The Kier molecular flexibility index (Phi) is 6.66. The summed E-state index contributed by atoms with van der Waals surface area (Å²) < 4.78 is 0. The maximum Gasteiger partial charge on any atom is 0.317 e.